The number of anilines is 1. The molecule has 0 spiro atoms. The monoisotopic (exact) mass is 291 g/mol. The Morgan fingerprint density at radius 2 is 2.10 bits per heavy atom. The zero-order valence-electron chi connectivity index (χ0n) is 11.8. The molecule has 0 saturated heterocycles. The van der Waals surface area contributed by atoms with Crippen molar-refractivity contribution < 1.29 is 5.11 Å². The van der Waals surface area contributed by atoms with Crippen molar-refractivity contribution in [3.05, 3.63) is 17.3 Å². The van der Waals surface area contributed by atoms with E-state index >= 15 is 0 Å². The van der Waals surface area contributed by atoms with Gasteiger partial charge in [0.05, 0.1) is 10.2 Å². The molecular weight excluding hydrogens is 270 g/mol. The van der Waals surface area contributed by atoms with E-state index in [9.17, 15) is 5.11 Å². The predicted molar refractivity (Wildman–Crippen MR) is 83.2 cm³/mol. The maximum absolute atomic E-state index is 9.48. The Morgan fingerprint density at radius 3 is 2.90 bits per heavy atom. The van der Waals surface area contributed by atoms with Crippen molar-refractivity contribution in [2.45, 2.75) is 32.6 Å². The first-order valence-electron chi connectivity index (χ1n) is 7.33. The molecule has 2 N–H and O–H groups in total. The molecule has 20 heavy (non-hydrogen) atoms. The summed E-state index contributed by atoms with van der Waals surface area (Å²) in [5.41, 5.74) is 2.26. The first-order chi connectivity index (χ1) is 9.79. The van der Waals surface area contributed by atoms with Gasteiger partial charge in [0.2, 0.25) is 0 Å². The summed E-state index contributed by atoms with van der Waals surface area (Å²) in [6.07, 6.45) is 6.52. The van der Waals surface area contributed by atoms with Crippen molar-refractivity contribution in [2.75, 3.05) is 18.5 Å². The molecule has 2 aromatic rings. The molecule has 2 atom stereocenters. The van der Waals surface area contributed by atoms with E-state index in [4.69, 9.17) is 0 Å². The maximum Gasteiger partial charge on any atom is 0.147 e. The third-order valence-corrected chi connectivity index (χ3v) is 5.46. The number of thiophene rings is 1. The minimum atomic E-state index is 0.309. The largest absolute Gasteiger partial charge is 0.396 e. The van der Waals surface area contributed by atoms with E-state index < -0.39 is 0 Å². The molecule has 0 amide bonds. The quantitative estimate of drug-likeness (QED) is 0.908. The molecule has 2 aromatic heterocycles. The Labute approximate surface area is 123 Å². The van der Waals surface area contributed by atoms with Crippen molar-refractivity contribution in [1.29, 1.82) is 0 Å². The SMILES string of the molecule is Cc1csc2c(NCC3CCCCC3CO)ncnc12. The second-order valence-corrected chi connectivity index (χ2v) is 6.57. The minimum Gasteiger partial charge on any atom is -0.396 e. The summed E-state index contributed by atoms with van der Waals surface area (Å²) in [6.45, 7) is 3.29. The normalized spacial score (nSPS) is 23.1. The molecule has 2 heterocycles. The van der Waals surface area contributed by atoms with Gasteiger partial charge in [-0.1, -0.05) is 12.8 Å². The molecule has 1 aliphatic carbocycles. The van der Waals surface area contributed by atoms with Crippen molar-refractivity contribution in [3.8, 4) is 0 Å². The van der Waals surface area contributed by atoms with Gasteiger partial charge in [-0.05, 0) is 42.5 Å². The summed E-state index contributed by atoms with van der Waals surface area (Å²) < 4.78 is 1.14. The Bertz CT molecular complexity index is 584. The van der Waals surface area contributed by atoms with Crippen molar-refractivity contribution in [1.82, 2.24) is 9.97 Å². The van der Waals surface area contributed by atoms with E-state index in [0.29, 0.717) is 18.4 Å². The molecule has 2 unspecified atom stereocenters. The summed E-state index contributed by atoms with van der Waals surface area (Å²) in [6, 6.07) is 0. The molecule has 5 heteroatoms. The standard InChI is InChI=1S/C15H21N3OS/c1-10-8-20-14-13(10)17-9-18-15(14)16-6-11-4-2-3-5-12(11)7-19/h8-9,11-12,19H,2-7H2,1H3,(H,16,17,18). The molecule has 3 rings (SSSR count). The maximum atomic E-state index is 9.48. The molecule has 0 radical (unpaired) electrons. The number of aryl methyl sites for hydroxylation is 1. The summed E-state index contributed by atoms with van der Waals surface area (Å²) in [5, 5.41) is 15.1. The topological polar surface area (TPSA) is 58.0 Å². The van der Waals surface area contributed by atoms with Gasteiger partial charge in [-0.15, -0.1) is 11.3 Å². The van der Waals surface area contributed by atoms with Crippen LogP contribution in [0.15, 0.2) is 11.7 Å². The second kappa shape index (κ2) is 6.06. The summed E-state index contributed by atoms with van der Waals surface area (Å²) >= 11 is 1.70. The fraction of sp³-hybridized carbons (Fsp3) is 0.600. The number of hydrogen-bond acceptors (Lipinski definition) is 5. The highest BCUT2D eigenvalue weighted by molar-refractivity contribution is 7.18. The smallest absolute Gasteiger partial charge is 0.147 e. The molecule has 0 bridgehead atoms. The number of hydrogen-bond donors (Lipinski definition) is 2. The number of fused-ring (bicyclic) bond motifs is 1. The van der Waals surface area contributed by atoms with Gasteiger partial charge in [0.15, 0.2) is 0 Å². The Hall–Kier alpha value is -1.20. The number of aliphatic hydroxyl groups is 1. The summed E-state index contributed by atoms with van der Waals surface area (Å²) in [5.74, 6) is 1.94. The molecule has 108 valence electrons. The van der Waals surface area contributed by atoms with E-state index in [1.165, 1.54) is 24.8 Å². The van der Waals surface area contributed by atoms with Crippen LogP contribution in [0.4, 0.5) is 5.82 Å². The zero-order valence-corrected chi connectivity index (χ0v) is 12.6. The highest BCUT2D eigenvalue weighted by Crippen LogP contribution is 2.32. The fourth-order valence-corrected chi connectivity index (χ4v) is 4.08. The lowest BCUT2D eigenvalue weighted by Gasteiger charge is -2.30. The summed E-state index contributed by atoms with van der Waals surface area (Å²) in [4.78, 5) is 8.73. The summed E-state index contributed by atoms with van der Waals surface area (Å²) in [7, 11) is 0. The minimum absolute atomic E-state index is 0.309. The number of nitrogens with zero attached hydrogens (tertiary/aromatic N) is 2. The third kappa shape index (κ3) is 2.65. The van der Waals surface area contributed by atoms with E-state index in [-0.39, 0.29) is 0 Å². The van der Waals surface area contributed by atoms with Crippen LogP contribution in [0.2, 0.25) is 0 Å². The molecule has 1 saturated carbocycles. The second-order valence-electron chi connectivity index (χ2n) is 5.69. The predicted octanol–water partition coefficient (Wildman–Crippen LogP) is 3.21. The van der Waals surface area contributed by atoms with E-state index in [1.807, 2.05) is 0 Å². The number of aromatic nitrogens is 2. The van der Waals surface area contributed by atoms with Gasteiger partial charge >= 0.3 is 0 Å². The fourth-order valence-electron chi connectivity index (χ4n) is 3.12. The number of nitrogens with one attached hydrogen (secondary N) is 1. The van der Waals surface area contributed by atoms with Gasteiger partial charge in [0.25, 0.3) is 0 Å². The van der Waals surface area contributed by atoms with Crippen LogP contribution in [0, 0.1) is 18.8 Å². The first-order valence-corrected chi connectivity index (χ1v) is 8.21. The Balaban J connectivity index is 1.73. The van der Waals surface area contributed by atoms with E-state index in [1.54, 1.807) is 17.7 Å². The van der Waals surface area contributed by atoms with Gasteiger partial charge in [0.1, 0.15) is 12.1 Å². The average Bonchev–Trinajstić information content (AvgIpc) is 2.88. The third-order valence-electron chi connectivity index (χ3n) is 4.36. The first kappa shape index (κ1) is 13.8. The number of rotatable bonds is 4. The highest BCUT2D eigenvalue weighted by Gasteiger charge is 2.24. The van der Waals surface area contributed by atoms with Crippen LogP contribution in [0.25, 0.3) is 10.2 Å². The van der Waals surface area contributed by atoms with Crippen LogP contribution in [-0.2, 0) is 0 Å². The van der Waals surface area contributed by atoms with Gasteiger partial charge in [0, 0.05) is 13.2 Å². The lowest BCUT2D eigenvalue weighted by atomic mass is 9.79. The Kier molecular flexibility index (Phi) is 4.17. The van der Waals surface area contributed by atoms with Gasteiger partial charge in [-0.3, -0.25) is 0 Å². The average molecular weight is 291 g/mol. The van der Waals surface area contributed by atoms with Crippen LogP contribution in [0.1, 0.15) is 31.2 Å². The highest BCUT2D eigenvalue weighted by atomic mass is 32.1. The molecule has 0 aliphatic heterocycles. The molecular formula is C15H21N3OS. The molecule has 4 nitrogen and oxygen atoms in total. The van der Waals surface area contributed by atoms with Crippen molar-refractivity contribution >= 4 is 27.4 Å². The molecule has 1 aliphatic rings. The lowest BCUT2D eigenvalue weighted by Crippen LogP contribution is -2.28. The van der Waals surface area contributed by atoms with Crippen LogP contribution in [0.5, 0.6) is 0 Å². The zero-order chi connectivity index (χ0) is 13.9. The van der Waals surface area contributed by atoms with Crippen molar-refractivity contribution in [2.24, 2.45) is 11.8 Å². The Morgan fingerprint density at radius 1 is 1.30 bits per heavy atom. The van der Waals surface area contributed by atoms with Crippen LogP contribution in [-0.4, -0.2) is 28.2 Å². The lowest BCUT2D eigenvalue weighted by molar-refractivity contribution is 0.141. The van der Waals surface area contributed by atoms with Gasteiger partial charge < -0.3 is 10.4 Å². The van der Waals surface area contributed by atoms with Crippen molar-refractivity contribution in [3.63, 3.8) is 0 Å². The van der Waals surface area contributed by atoms with E-state index in [2.05, 4.69) is 27.6 Å². The van der Waals surface area contributed by atoms with Crippen LogP contribution in [0.3, 0.4) is 0 Å². The van der Waals surface area contributed by atoms with Crippen LogP contribution < -0.4 is 5.32 Å². The molecule has 0 aromatic carbocycles. The van der Waals surface area contributed by atoms with Gasteiger partial charge in [-0.25, -0.2) is 9.97 Å². The van der Waals surface area contributed by atoms with Crippen LogP contribution >= 0.6 is 11.3 Å². The molecule has 1 fully saturated rings. The number of aliphatic hydroxyl groups excluding tert-OH is 1. The van der Waals surface area contributed by atoms with Gasteiger partial charge in [-0.2, -0.15) is 0 Å². The van der Waals surface area contributed by atoms with E-state index in [0.717, 1.165) is 29.0 Å².